The lowest BCUT2D eigenvalue weighted by Crippen LogP contribution is -2.25. The second-order valence-corrected chi connectivity index (χ2v) is 7.04. The van der Waals surface area contributed by atoms with Gasteiger partial charge in [-0.3, -0.25) is 9.78 Å². The Morgan fingerprint density at radius 3 is 2.50 bits per heavy atom. The van der Waals surface area contributed by atoms with E-state index in [0.29, 0.717) is 12.1 Å². The summed E-state index contributed by atoms with van der Waals surface area (Å²) in [6, 6.07) is 13.6. The molecule has 6 heteroatoms. The molecular formula is C20H22N4OS. The number of nitrogens with zero attached hydrogens (tertiary/aromatic N) is 2. The lowest BCUT2D eigenvalue weighted by atomic mass is 10.1. The summed E-state index contributed by atoms with van der Waals surface area (Å²) >= 11 is 1.61. The van der Waals surface area contributed by atoms with Crippen molar-refractivity contribution in [2.75, 3.05) is 18.9 Å². The number of pyridine rings is 1. The summed E-state index contributed by atoms with van der Waals surface area (Å²) in [7, 11) is 1.86. The molecule has 0 unspecified atom stereocenters. The van der Waals surface area contributed by atoms with Gasteiger partial charge in [0.05, 0.1) is 10.6 Å². The minimum Gasteiger partial charge on any atom is -0.365 e. The minimum atomic E-state index is -0.0684. The monoisotopic (exact) mass is 366 g/mol. The molecule has 134 valence electrons. The van der Waals surface area contributed by atoms with Crippen LogP contribution in [0.25, 0.3) is 10.4 Å². The topological polar surface area (TPSA) is 66.9 Å². The molecule has 2 N–H and O–H groups in total. The molecule has 0 spiro atoms. The van der Waals surface area contributed by atoms with Gasteiger partial charge in [0.1, 0.15) is 0 Å². The first kappa shape index (κ1) is 18.1. The van der Waals surface area contributed by atoms with Gasteiger partial charge in [0.25, 0.3) is 5.91 Å². The summed E-state index contributed by atoms with van der Waals surface area (Å²) in [6.45, 7) is 4.52. The molecule has 0 aliphatic rings. The van der Waals surface area contributed by atoms with Crippen LogP contribution >= 0.6 is 11.3 Å². The molecule has 0 aliphatic heterocycles. The highest BCUT2D eigenvalue weighted by Crippen LogP contribution is 2.32. The average molecular weight is 366 g/mol. The third-order valence-corrected chi connectivity index (χ3v) is 5.26. The van der Waals surface area contributed by atoms with Crippen LogP contribution in [0, 0.1) is 13.8 Å². The van der Waals surface area contributed by atoms with E-state index in [1.165, 1.54) is 0 Å². The van der Waals surface area contributed by atoms with Crippen molar-refractivity contribution in [2.45, 2.75) is 20.3 Å². The molecule has 26 heavy (non-hydrogen) atoms. The fourth-order valence-corrected chi connectivity index (χ4v) is 3.61. The van der Waals surface area contributed by atoms with E-state index in [2.05, 4.69) is 20.6 Å². The molecule has 0 aliphatic carbocycles. The minimum absolute atomic E-state index is 0.0684. The molecular weight excluding hydrogens is 344 g/mol. The third kappa shape index (κ3) is 4.26. The number of aryl methyl sites for hydroxylation is 2. The Morgan fingerprint density at radius 1 is 1.08 bits per heavy atom. The molecule has 2 heterocycles. The third-order valence-electron chi connectivity index (χ3n) is 4.03. The molecule has 0 saturated heterocycles. The van der Waals surface area contributed by atoms with E-state index in [1.807, 2.05) is 63.4 Å². The van der Waals surface area contributed by atoms with Crippen molar-refractivity contribution in [1.82, 2.24) is 15.3 Å². The number of aromatic nitrogens is 2. The zero-order chi connectivity index (χ0) is 18.5. The van der Waals surface area contributed by atoms with E-state index in [1.54, 1.807) is 11.3 Å². The molecule has 3 rings (SSSR count). The first-order chi connectivity index (χ1) is 12.6. The van der Waals surface area contributed by atoms with Gasteiger partial charge in [-0.25, -0.2) is 4.98 Å². The molecule has 0 saturated carbocycles. The highest BCUT2D eigenvalue weighted by molar-refractivity contribution is 7.19. The highest BCUT2D eigenvalue weighted by atomic mass is 32.1. The van der Waals surface area contributed by atoms with E-state index < -0.39 is 0 Å². The van der Waals surface area contributed by atoms with Crippen molar-refractivity contribution >= 4 is 22.4 Å². The second kappa shape index (κ2) is 8.10. The van der Waals surface area contributed by atoms with Gasteiger partial charge in [-0.2, -0.15) is 0 Å². The highest BCUT2D eigenvalue weighted by Gasteiger charge is 2.10. The van der Waals surface area contributed by atoms with E-state index >= 15 is 0 Å². The van der Waals surface area contributed by atoms with Gasteiger partial charge in [-0.15, -0.1) is 0 Å². The normalized spacial score (nSPS) is 10.6. The van der Waals surface area contributed by atoms with Crippen molar-refractivity contribution < 1.29 is 4.79 Å². The van der Waals surface area contributed by atoms with Gasteiger partial charge in [0.2, 0.25) is 0 Å². The Kier molecular flexibility index (Phi) is 5.63. The molecule has 0 radical (unpaired) electrons. The lowest BCUT2D eigenvalue weighted by molar-refractivity contribution is 0.0954. The Morgan fingerprint density at radius 2 is 1.85 bits per heavy atom. The number of amides is 1. The van der Waals surface area contributed by atoms with Crippen LogP contribution in [0.15, 0.2) is 42.5 Å². The van der Waals surface area contributed by atoms with Gasteiger partial charge in [-0.05, 0) is 43.7 Å². The fraction of sp³-hybridized carbons (Fsp3) is 0.250. The Bertz CT molecular complexity index is 902. The Hall–Kier alpha value is -2.73. The molecule has 3 aromatic rings. The molecule has 1 amide bonds. The van der Waals surface area contributed by atoms with Crippen molar-refractivity contribution in [2.24, 2.45) is 0 Å². The van der Waals surface area contributed by atoms with E-state index in [9.17, 15) is 4.79 Å². The quantitative estimate of drug-likeness (QED) is 0.696. The van der Waals surface area contributed by atoms with Crippen molar-refractivity contribution in [3.05, 3.63) is 65.1 Å². The average Bonchev–Trinajstić information content (AvgIpc) is 3.03. The zero-order valence-electron chi connectivity index (χ0n) is 15.2. The maximum atomic E-state index is 12.3. The van der Waals surface area contributed by atoms with Crippen LogP contribution in [0.1, 0.15) is 27.4 Å². The van der Waals surface area contributed by atoms with Gasteiger partial charge >= 0.3 is 0 Å². The van der Waals surface area contributed by atoms with Crippen LogP contribution in [0.2, 0.25) is 0 Å². The van der Waals surface area contributed by atoms with E-state index in [4.69, 9.17) is 0 Å². The Balaban J connectivity index is 1.60. The smallest absolute Gasteiger partial charge is 0.251 e. The standard InChI is InChI=1S/C20H22N4OS/c1-13-5-4-6-17(23-13)11-12-22-19(25)16-9-7-15(8-10-16)18-14(2)24-20(21-3)26-18/h4-10H,11-12H2,1-3H3,(H,21,24)(H,22,25). The van der Waals surface area contributed by atoms with Crippen LogP contribution < -0.4 is 10.6 Å². The van der Waals surface area contributed by atoms with Crippen LogP contribution in [-0.4, -0.2) is 29.5 Å². The number of rotatable bonds is 6. The maximum Gasteiger partial charge on any atom is 0.251 e. The summed E-state index contributed by atoms with van der Waals surface area (Å²) in [5.41, 5.74) is 4.69. The molecule has 1 aromatic carbocycles. The predicted octanol–water partition coefficient (Wildman–Crippen LogP) is 3.84. The summed E-state index contributed by atoms with van der Waals surface area (Å²) < 4.78 is 0. The number of carbonyl (C=O) groups excluding carboxylic acids is 1. The van der Waals surface area contributed by atoms with Crippen molar-refractivity contribution in [3.63, 3.8) is 0 Å². The van der Waals surface area contributed by atoms with E-state index in [-0.39, 0.29) is 5.91 Å². The first-order valence-corrected chi connectivity index (χ1v) is 9.35. The number of carbonyl (C=O) groups is 1. The summed E-state index contributed by atoms with van der Waals surface area (Å²) in [4.78, 5) is 22.3. The number of hydrogen-bond donors (Lipinski definition) is 2. The van der Waals surface area contributed by atoms with Crippen molar-refractivity contribution in [3.8, 4) is 10.4 Å². The number of thiazole rings is 1. The largest absolute Gasteiger partial charge is 0.365 e. The number of benzene rings is 1. The first-order valence-electron chi connectivity index (χ1n) is 8.53. The maximum absolute atomic E-state index is 12.3. The summed E-state index contributed by atoms with van der Waals surface area (Å²) in [5, 5.41) is 6.91. The van der Waals surface area contributed by atoms with Gasteiger partial charge in [0, 0.05) is 37.0 Å². The molecule has 0 bridgehead atoms. The van der Waals surface area contributed by atoms with E-state index in [0.717, 1.165) is 39.1 Å². The molecule has 0 atom stereocenters. The number of anilines is 1. The molecule has 5 nitrogen and oxygen atoms in total. The number of nitrogens with one attached hydrogen (secondary N) is 2. The molecule has 0 fully saturated rings. The predicted molar refractivity (Wildman–Crippen MR) is 107 cm³/mol. The zero-order valence-corrected chi connectivity index (χ0v) is 16.0. The number of hydrogen-bond acceptors (Lipinski definition) is 5. The summed E-state index contributed by atoms with van der Waals surface area (Å²) in [5.74, 6) is -0.0684. The van der Waals surface area contributed by atoms with Crippen LogP contribution in [0.3, 0.4) is 0 Å². The second-order valence-electron chi connectivity index (χ2n) is 6.04. The van der Waals surface area contributed by atoms with Gasteiger partial charge < -0.3 is 10.6 Å². The Labute approximate surface area is 157 Å². The fourth-order valence-electron chi connectivity index (χ4n) is 2.69. The lowest BCUT2D eigenvalue weighted by Gasteiger charge is -2.06. The van der Waals surface area contributed by atoms with Crippen LogP contribution in [0.4, 0.5) is 5.13 Å². The van der Waals surface area contributed by atoms with Gasteiger partial charge in [-0.1, -0.05) is 29.5 Å². The van der Waals surface area contributed by atoms with Crippen molar-refractivity contribution in [1.29, 1.82) is 0 Å². The van der Waals surface area contributed by atoms with Crippen LogP contribution in [0.5, 0.6) is 0 Å². The van der Waals surface area contributed by atoms with Crippen LogP contribution in [-0.2, 0) is 6.42 Å². The molecule has 2 aromatic heterocycles. The SMILES string of the molecule is CNc1nc(C)c(-c2ccc(C(=O)NCCc3cccc(C)n3)cc2)s1. The van der Waals surface area contributed by atoms with Gasteiger partial charge in [0.15, 0.2) is 5.13 Å². The summed E-state index contributed by atoms with van der Waals surface area (Å²) in [6.07, 6.45) is 0.721.